The van der Waals surface area contributed by atoms with Gasteiger partial charge in [-0.1, -0.05) is 0 Å². The molecule has 0 spiro atoms. The first-order chi connectivity index (χ1) is 42.6. The lowest BCUT2D eigenvalue weighted by Gasteiger charge is -2.35. The normalized spacial score (nSPS) is 11.8. The van der Waals surface area contributed by atoms with Crippen molar-refractivity contribution in [2.24, 2.45) is 0 Å². The number of carbonyl (C=O) groups excluding carboxylic acids is 3. The van der Waals surface area contributed by atoms with Crippen molar-refractivity contribution in [3.8, 4) is 0 Å². The molecule has 0 aromatic heterocycles. The van der Waals surface area contributed by atoms with Gasteiger partial charge in [0.1, 0.15) is 16.6 Å². The molecule has 0 fully saturated rings. The lowest BCUT2D eigenvalue weighted by atomic mass is 10.0. The first kappa shape index (κ1) is 83.1. The number of likely N-dealkylation sites (N-methyl/N-ethyl adjacent to an activating group) is 1. The van der Waals surface area contributed by atoms with Crippen molar-refractivity contribution in [3.05, 3.63) is 0 Å². The number of carboxylic acid groups (broad SMARTS) is 9. The van der Waals surface area contributed by atoms with Crippen molar-refractivity contribution in [3.63, 3.8) is 0 Å². The smallest absolute Gasteiger partial charge is 0.305 e. The molecule has 3 amide bonds. The number of amides is 3. The van der Waals surface area contributed by atoms with Crippen LogP contribution < -0.4 is 21.3 Å². The summed E-state index contributed by atoms with van der Waals surface area (Å²) >= 11 is 0. The second-order valence-electron chi connectivity index (χ2n) is 20.2. The van der Waals surface area contributed by atoms with Crippen molar-refractivity contribution in [2.75, 3.05) is 166 Å². The van der Waals surface area contributed by atoms with E-state index in [1.807, 2.05) is 0 Å². The van der Waals surface area contributed by atoms with Crippen LogP contribution in [-0.4, -0.2) is 305 Å². The molecule has 37 nitrogen and oxygen atoms in total. The summed E-state index contributed by atoms with van der Waals surface area (Å²) in [7, 11) is 1.47. The lowest BCUT2D eigenvalue weighted by Crippen LogP contribution is -2.59. The van der Waals surface area contributed by atoms with Crippen LogP contribution in [0.5, 0.6) is 0 Å². The maximum absolute atomic E-state index is 13.7. The van der Waals surface area contributed by atoms with E-state index in [4.69, 9.17) is 103 Å². The van der Waals surface area contributed by atoms with Crippen molar-refractivity contribution < 1.29 is 160 Å². The largest absolute Gasteiger partial charge is 0.481 e. The van der Waals surface area contributed by atoms with Crippen LogP contribution in [0.25, 0.3) is 0 Å². The van der Waals surface area contributed by atoms with E-state index < -0.39 is 230 Å². The zero-order chi connectivity index (χ0) is 67.7. The second kappa shape index (κ2) is 48.9. The summed E-state index contributed by atoms with van der Waals surface area (Å²) in [6.45, 7) is -9.06. The van der Waals surface area contributed by atoms with Gasteiger partial charge in [0.05, 0.1) is 222 Å². The van der Waals surface area contributed by atoms with Gasteiger partial charge in [-0.3, -0.25) is 57.5 Å². The van der Waals surface area contributed by atoms with Crippen molar-refractivity contribution in [1.29, 1.82) is 0 Å². The Morgan fingerprint density at radius 1 is 0.222 bits per heavy atom. The second-order valence-corrected chi connectivity index (χ2v) is 20.2. The van der Waals surface area contributed by atoms with Crippen LogP contribution in [0.15, 0.2) is 0 Å². The highest BCUT2D eigenvalue weighted by Gasteiger charge is 2.38. The van der Waals surface area contributed by atoms with Crippen molar-refractivity contribution >= 4 is 71.4 Å². The molecule has 0 saturated carbocycles. The molecule has 0 aliphatic heterocycles. The van der Waals surface area contributed by atoms with Crippen molar-refractivity contribution in [2.45, 2.75) is 99.2 Å². The van der Waals surface area contributed by atoms with Gasteiger partial charge in [-0.25, -0.2) is 0 Å². The molecule has 0 unspecified atom stereocenters. The topological polar surface area (TPSA) is 546 Å². The number of ether oxygens (including phenoxy) is 12. The SMILES string of the molecule is CNC(COCCC(=O)NC(COCCC(=O)O)(COCCC(=O)O)COCCC(=O)O)(COCCC(=O)NC(COCCC(=O)O)(COCCC(=O)O)COCCC(=O)O)COCCC(=O)NC(COCCC(=O)O)(COCCC(=O)O)COCCC(=O)O. The van der Waals surface area contributed by atoms with Crippen LogP contribution in [0.1, 0.15) is 77.0 Å². The summed E-state index contributed by atoms with van der Waals surface area (Å²) in [6.07, 6.45) is -5.23. The van der Waals surface area contributed by atoms with Crippen LogP contribution in [-0.2, 0) is 114 Å². The Balaban J connectivity index is 6.86. The first-order valence-corrected chi connectivity index (χ1v) is 28.1. The van der Waals surface area contributed by atoms with Crippen LogP contribution in [0.3, 0.4) is 0 Å². The molecule has 13 N–H and O–H groups in total. The van der Waals surface area contributed by atoms with E-state index in [1.54, 1.807) is 0 Å². The maximum atomic E-state index is 13.7. The van der Waals surface area contributed by atoms with E-state index in [1.165, 1.54) is 7.05 Å². The minimum Gasteiger partial charge on any atom is -0.481 e. The Kier molecular flexibility index (Phi) is 45.2. The summed E-state index contributed by atoms with van der Waals surface area (Å²) in [5.41, 5.74) is -6.26. The highest BCUT2D eigenvalue weighted by Crippen LogP contribution is 2.16. The van der Waals surface area contributed by atoms with Crippen molar-refractivity contribution in [1.82, 2.24) is 21.3 Å². The number of hydrogen-bond donors (Lipinski definition) is 13. The maximum Gasteiger partial charge on any atom is 0.305 e. The number of rotatable bonds is 64. The minimum atomic E-state index is -1.62. The lowest BCUT2D eigenvalue weighted by molar-refractivity contribution is -0.142. The Morgan fingerprint density at radius 2 is 0.344 bits per heavy atom. The van der Waals surface area contributed by atoms with Gasteiger partial charge in [0.15, 0.2) is 0 Å². The average molecular weight is 1310 g/mol. The predicted octanol–water partition coefficient (Wildman–Crippen LogP) is -2.85. The Labute approximate surface area is 516 Å². The summed E-state index contributed by atoms with van der Waals surface area (Å²) in [4.78, 5) is 142. The fourth-order valence-corrected chi connectivity index (χ4v) is 7.26. The van der Waals surface area contributed by atoms with Gasteiger partial charge in [0.2, 0.25) is 17.7 Å². The minimum absolute atomic E-state index is 0.337. The Bertz CT molecular complexity index is 1790. The van der Waals surface area contributed by atoms with E-state index in [9.17, 15) is 57.5 Å². The molecule has 0 aromatic carbocycles. The zero-order valence-corrected chi connectivity index (χ0v) is 50.3. The van der Waals surface area contributed by atoms with E-state index in [-0.39, 0.29) is 99.1 Å². The van der Waals surface area contributed by atoms with Gasteiger partial charge in [-0.05, 0) is 7.05 Å². The molecule has 518 valence electrons. The molecule has 0 atom stereocenters. The number of nitrogens with one attached hydrogen (secondary N) is 4. The highest BCUT2D eigenvalue weighted by molar-refractivity contribution is 5.78. The van der Waals surface area contributed by atoms with E-state index in [2.05, 4.69) is 21.3 Å². The number of hydrogen-bond acceptors (Lipinski definition) is 25. The van der Waals surface area contributed by atoms with Crippen LogP contribution in [0.2, 0.25) is 0 Å². The Morgan fingerprint density at radius 3 is 0.467 bits per heavy atom. The molecule has 37 heteroatoms. The fourth-order valence-electron chi connectivity index (χ4n) is 7.26. The highest BCUT2D eigenvalue weighted by atomic mass is 16.5. The van der Waals surface area contributed by atoms with Gasteiger partial charge in [-0.2, -0.15) is 0 Å². The van der Waals surface area contributed by atoms with Gasteiger partial charge < -0.3 is 124 Å². The number of aliphatic carboxylic acids is 9. The molecule has 0 radical (unpaired) electrons. The average Bonchev–Trinajstić information content (AvgIpc) is 2.98. The molecule has 0 rings (SSSR count). The molecule has 0 saturated heterocycles. The predicted molar refractivity (Wildman–Crippen MR) is 298 cm³/mol. The van der Waals surface area contributed by atoms with E-state index in [0.717, 1.165) is 0 Å². The monoisotopic (exact) mass is 1310 g/mol. The molecule has 0 aliphatic carbocycles. The summed E-state index contributed by atoms with van der Waals surface area (Å²) in [6, 6.07) is 0. The van der Waals surface area contributed by atoms with E-state index >= 15 is 0 Å². The summed E-state index contributed by atoms with van der Waals surface area (Å²) in [5.74, 6) is -13.1. The molecular weight excluding hydrogens is 1220 g/mol. The van der Waals surface area contributed by atoms with Crippen LogP contribution in [0.4, 0.5) is 0 Å². The third kappa shape index (κ3) is 45.4. The van der Waals surface area contributed by atoms with Gasteiger partial charge in [-0.15, -0.1) is 0 Å². The number of carboxylic acids is 9. The summed E-state index contributed by atoms with van der Waals surface area (Å²) in [5, 5.41) is 93.5. The zero-order valence-electron chi connectivity index (χ0n) is 50.3. The number of carbonyl (C=O) groups is 12. The van der Waals surface area contributed by atoms with Gasteiger partial charge in [0.25, 0.3) is 0 Å². The quantitative estimate of drug-likeness (QED) is 0.0273. The third-order valence-corrected chi connectivity index (χ3v) is 11.8. The van der Waals surface area contributed by atoms with Gasteiger partial charge >= 0.3 is 53.7 Å². The molecule has 90 heavy (non-hydrogen) atoms. The standard InChI is InChI=1S/C53H88N4O33/c1-54-50(26-79-14-2-38(58)55-51(29-82-17-5-41(61)62,30-83-18-6-42(63)64)31-84-19-7-43(65)66,27-80-15-3-39(59)56-52(32-85-20-8-44(67)68,33-86-21-9-45(69)70)34-87-22-10-46(71)72)28-81-16-4-40(60)57-53(35-88-23-11-47(73)74,36-89-24-12-48(75)76)37-90-25-13-49(77)78/h54H,2-37H2,1H3,(H,55,58)(H,56,59)(H,57,60)(H,61,62)(H,63,64)(H,65,66)(H,67,68)(H,69,70)(H,71,72)(H,73,74)(H,75,76)(H,77,78). The molecule has 0 aliphatic rings. The van der Waals surface area contributed by atoms with Gasteiger partial charge in [0, 0.05) is 19.3 Å². The fraction of sp³-hybridized carbons (Fsp3) is 0.774. The third-order valence-electron chi connectivity index (χ3n) is 11.8. The molecule has 0 aromatic rings. The van der Waals surface area contributed by atoms with Crippen LogP contribution in [0, 0.1) is 0 Å². The first-order valence-electron chi connectivity index (χ1n) is 28.1. The molecular formula is C53H88N4O33. The summed E-state index contributed by atoms with van der Waals surface area (Å²) < 4.78 is 67.8. The molecule has 0 heterocycles. The van der Waals surface area contributed by atoms with E-state index in [0.29, 0.717) is 0 Å². The Hall–Kier alpha value is -6.88. The molecule has 0 bridgehead atoms. The van der Waals surface area contributed by atoms with Crippen LogP contribution >= 0.6 is 0 Å².